The molecule has 1 heterocycles. The van der Waals surface area contributed by atoms with Crippen LogP contribution in [0.1, 0.15) is 0 Å². The van der Waals surface area contributed by atoms with E-state index in [4.69, 9.17) is 4.52 Å². The minimum Gasteiger partial charge on any atom is -0.333 e. The standard InChI is InChI=1S/C8H3BrIN3O3/c9-5-1-4(2-6(3-5)13(14)15)7-11-8(10)12-16-7/h1-3H. The van der Waals surface area contributed by atoms with E-state index in [1.165, 1.54) is 12.1 Å². The number of hydrogen-bond donors (Lipinski definition) is 0. The number of hydrogen-bond acceptors (Lipinski definition) is 5. The smallest absolute Gasteiger partial charge is 0.271 e. The molecule has 2 rings (SSSR count). The highest BCUT2D eigenvalue weighted by molar-refractivity contribution is 14.1. The van der Waals surface area contributed by atoms with E-state index in [-0.39, 0.29) is 11.6 Å². The maximum absolute atomic E-state index is 10.7. The molecule has 8 heteroatoms. The van der Waals surface area contributed by atoms with Gasteiger partial charge in [-0.25, -0.2) is 0 Å². The first-order valence-corrected chi connectivity index (χ1v) is 5.88. The zero-order valence-electron chi connectivity index (χ0n) is 7.55. The van der Waals surface area contributed by atoms with Crippen molar-refractivity contribution in [1.29, 1.82) is 0 Å². The summed E-state index contributed by atoms with van der Waals surface area (Å²) in [6.07, 6.45) is 0. The molecule has 0 spiro atoms. The molecule has 0 unspecified atom stereocenters. The summed E-state index contributed by atoms with van der Waals surface area (Å²) >= 11 is 5.09. The second-order valence-corrected chi connectivity index (χ2v) is 4.70. The van der Waals surface area contributed by atoms with Crippen LogP contribution in [0.3, 0.4) is 0 Å². The highest BCUT2D eigenvalue weighted by Crippen LogP contribution is 2.27. The van der Waals surface area contributed by atoms with E-state index in [0.717, 1.165) is 0 Å². The van der Waals surface area contributed by atoms with Crippen LogP contribution in [-0.4, -0.2) is 15.1 Å². The Hall–Kier alpha value is -1.03. The van der Waals surface area contributed by atoms with E-state index >= 15 is 0 Å². The number of rotatable bonds is 2. The number of aromatic nitrogens is 2. The lowest BCUT2D eigenvalue weighted by molar-refractivity contribution is -0.384. The molecule has 0 atom stereocenters. The molecule has 0 saturated carbocycles. The number of non-ortho nitro benzene ring substituents is 1. The van der Waals surface area contributed by atoms with Gasteiger partial charge in [-0.3, -0.25) is 10.1 Å². The maximum Gasteiger partial charge on any atom is 0.271 e. The normalized spacial score (nSPS) is 10.4. The summed E-state index contributed by atoms with van der Waals surface area (Å²) in [5.74, 6) is 0.258. The van der Waals surface area contributed by atoms with Gasteiger partial charge in [0, 0.05) is 44.8 Å². The van der Waals surface area contributed by atoms with Gasteiger partial charge in [0.2, 0.25) is 3.83 Å². The molecular formula is C8H3BrIN3O3. The van der Waals surface area contributed by atoms with Crippen molar-refractivity contribution < 1.29 is 9.45 Å². The lowest BCUT2D eigenvalue weighted by Crippen LogP contribution is -1.89. The largest absolute Gasteiger partial charge is 0.333 e. The Morgan fingerprint density at radius 3 is 2.75 bits per heavy atom. The van der Waals surface area contributed by atoms with Crippen LogP contribution >= 0.6 is 38.5 Å². The van der Waals surface area contributed by atoms with Gasteiger partial charge in [0.15, 0.2) is 0 Å². The highest BCUT2D eigenvalue weighted by Gasteiger charge is 2.13. The third-order valence-corrected chi connectivity index (χ3v) is 2.64. The quantitative estimate of drug-likeness (QED) is 0.443. The van der Waals surface area contributed by atoms with E-state index in [9.17, 15) is 10.1 Å². The van der Waals surface area contributed by atoms with Crippen molar-refractivity contribution in [1.82, 2.24) is 10.1 Å². The molecule has 6 nitrogen and oxygen atoms in total. The molecule has 0 aliphatic rings. The van der Waals surface area contributed by atoms with Gasteiger partial charge in [-0.2, -0.15) is 4.98 Å². The summed E-state index contributed by atoms with van der Waals surface area (Å²) < 4.78 is 5.97. The Kier molecular flexibility index (Phi) is 3.19. The molecule has 0 fully saturated rings. The van der Waals surface area contributed by atoms with Crippen molar-refractivity contribution in [2.75, 3.05) is 0 Å². The van der Waals surface area contributed by atoms with Crippen molar-refractivity contribution >= 4 is 44.2 Å². The van der Waals surface area contributed by atoms with Crippen LogP contribution in [0.5, 0.6) is 0 Å². The van der Waals surface area contributed by atoms with Crippen LogP contribution in [-0.2, 0) is 0 Å². The topological polar surface area (TPSA) is 82.1 Å². The number of nitrogens with zero attached hydrogens (tertiary/aromatic N) is 3. The molecule has 0 aliphatic heterocycles. The lowest BCUT2D eigenvalue weighted by atomic mass is 10.2. The fourth-order valence-electron chi connectivity index (χ4n) is 1.13. The van der Waals surface area contributed by atoms with Crippen LogP contribution in [0, 0.1) is 13.9 Å². The van der Waals surface area contributed by atoms with E-state index in [1.807, 2.05) is 22.6 Å². The summed E-state index contributed by atoms with van der Waals surface area (Å²) in [6, 6.07) is 4.47. The van der Waals surface area contributed by atoms with Crippen LogP contribution in [0.2, 0.25) is 0 Å². The minimum atomic E-state index is -0.477. The van der Waals surface area contributed by atoms with Crippen molar-refractivity contribution in [3.05, 3.63) is 36.6 Å². The van der Waals surface area contributed by atoms with Gasteiger partial charge in [-0.05, 0) is 6.07 Å². The average molecular weight is 396 g/mol. The molecule has 0 saturated heterocycles. The van der Waals surface area contributed by atoms with Gasteiger partial charge in [-0.1, -0.05) is 21.1 Å². The van der Waals surface area contributed by atoms with Gasteiger partial charge < -0.3 is 4.52 Å². The second-order valence-electron chi connectivity index (χ2n) is 2.82. The third-order valence-electron chi connectivity index (χ3n) is 1.74. The minimum absolute atomic E-state index is 0.0300. The fourth-order valence-corrected chi connectivity index (χ4v) is 1.92. The molecule has 0 N–H and O–H groups in total. The lowest BCUT2D eigenvalue weighted by Gasteiger charge is -1.96. The predicted octanol–water partition coefficient (Wildman–Crippen LogP) is 3.01. The van der Waals surface area contributed by atoms with Crippen molar-refractivity contribution in [3.63, 3.8) is 0 Å². The molecular weight excluding hydrogens is 393 g/mol. The maximum atomic E-state index is 10.7. The number of halogens is 2. The summed E-state index contributed by atoms with van der Waals surface area (Å²) in [4.78, 5) is 14.2. The number of benzene rings is 1. The first kappa shape index (κ1) is 11.5. The van der Waals surface area contributed by atoms with E-state index < -0.39 is 4.92 Å². The fraction of sp³-hybridized carbons (Fsp3) is 0. The Balaban J connectivity index is 2.53. The van der Waals surface area contributed by atoms with Crippen LogP contribution in [0.15, 0.2) is 27.2 Å². The highest BCUT2D eigenvalue weighted by atomic mass is 127. The van der Waals surface area contributed by atoms with Gasteiger partial charge >= 0.3 is 0 Å². The van der Waals surface area contributed by atoms with E-state index in [0.29, 0.717) is 13.9 Å². The Bertz CT molecular complexity index is 557. The first-order valence-electron chi connectivity index (χ1n) is 4.01. The van der Waals surface area contributed by atoms with Crippen LogP contribution in [0.4, 0.5) is 5.69 Å². The Morgan fingerprint density at radius 1 is 1.44 bits per heavy atom. The molecule has 0 amide bonds. The monoisotopic (exact) mass is 395 g/mol. The molecule has 0 radical (unpaired) electrons. The zero-order valence-corrected chi connectivity index (χ0v) is 11.3. The summed E-state index contributed by atoms with van der Waals surface area (Å²) in [7, 11) is 0. The first-order chi connectivity index (χ1) is 7.56. The molecule has 16 heavy (non-hydrogen) atoms. The molecule has 0 aliphatic carbocycles. The van der Waals surface area contributed by atoms with Crippen LogP contribution < -0.4 is 0 Å². The zero-order chi connectivity index (χ0) is 11.7. The average Bonchev–Trinajstić information content (AvgIpc) is 2.64. The van der Waals surface area contributed by atoms with Crippen molar-refractivity contribution in [3.8, 4) is 11.5 Å². The predicted molar refractivity (Wildman–Crippen MR) is 66.8 cm³/mol. The van der Waals surface area contributed by atoms with E-state index in [2.05, 4.69) is 26.1 Å². The summed E-state index contributed by atoms with van der Waals surface area (Å²) in [5, 5.41) is 14.3. The van der Waals surface area contributed by atoms with Gasteiger partial charge in [-0.15, -0.1) is 0 Å². The molecule has 2 aromatic rings. The molecule has 1 aromatic carbocycles. The number of nitro groups is 1. The van der Waals surface area contributed by atoms with Crippen molar-refractivity contribution in [2.45, 2.75) is 0 Å². The van der Waals surface area contributed by atoms with E-state index in [1.54, 1.807) is 6.07 Å². The van der Waals surface area contributed by atoms with Gasteiger partial charge in [0.25, 0.3) is 11.6 Å². The summed E-state index contributed by atoms with van der Waals surface area (Å²) in [6.45, 7) is 0. The van der Waals surface area contributed by atoms with Gasteiger partial charge in [0.1, 0.15) is 0 Å². The molecule has 0 bridgehead atoms. The molecule has 1 aromatic heterocycles. The second kappa shape index (κ2) is 4.45. The van der Waals surface area contributed by atoms with Crippen LogP contribution in [0.25, 0.3) is 11.5 Å². The summed E-state index contributed by atoms with van der Waals surface area (Å²) in [5.41, 5.74) is 0.481. The third kappa shape index (κ3) is 2.38. The van der Waals surface area contributed by atoms with Crippen molar-refractivity contribution in [2.24, 2.45) is 0 Å². The Labute approximate surface area is 111 Å². The Morgan fingerprint density at radius 2 is 2.19 bits per heavy atom. The van der Waals surface area contributed by atoms with Gasteiger partial charge in [0.05, 0.1) is 4.92 Å². The number of nitro benzene ring substituents is 1. The molecule has 82 valence electrons. The SMILES string of the molecule is O=[N+]([O-])c1cc(Br)cc(-c2nc(I)no2)c1.